The van der Waals surface area contributed by atoms with Crippen LogP contribution < -0.4 is 5.43 Å². The number of amides is 1. The minimum Gasteiger partial charge on any atom is -0.267 e. The monoisotopic (exact) mass is 386 g/mol. The third-order valence-electron chi connectivity index (χ3n) is 4.17. The Hall–Kier alpha value is -3.57. The zero-order chi connectivity index (χ0) is 19.3. The van der Waals surface area contributed by atoms with E-state index in [0.717, 1.165) is 11.1 Å². The lowest BCUT2D eigenvalue weighted by molar-refractivity contribution is 0.0957. The molecular formula is C22H15ClN4O. The smallest absolute Gasteiger partial charge is 0.267 e. The predicted octanol–water partition coefficient (Wildman–Crippen LogP) is 4.71. The Kier molecular flexibility index (Phi) is 5.08. The molecule has 4 rings (SSSR count). The van der Waals surface area contributed by atoms with Crippen LogP contribution in [0.1, 0.15) is 15.9 Å². The van der Waals surface area contributed by atoms with Crippen LogP contribution in [0, 0.1) is 0 Å². The van der Waals surface area contributed by atoms with Crippen molar-refractivity contribution in [3.05, 3.63) is 95.3 Å². The van der Waals surface area contributed by atoms with Gasteiger partial charge in [0.15, 0.2) is 0 Å². The molecule has 28 heavy (non-hydrogen) atoms. The summed E-state index contributed by atoms with van der Waals surface area (Å²) in [6.45, 7) is 0. The zero-order valence-corrected chi connectivity index (χ0v) is 15.5. The highest BCUT2D eigenvalue weighted by molar-refractivity contribution is 6.35. The van der Waals surface area contributed by atoms with Gasteiger partial charge in [0.25, 0.3) is 5.91 Å². The Morgan fingerprint density at radius 2 is 1.89 bits per heavy atom. The molecule has 0 bridgehead atoms. The second-order valence-corrected chi connectivity index (χ2v) is 6.45. The first-order valence-corrected chi connectivity index (χ1v) is 8.98. The van der Waals surface area contributed by atoms with Crippen LogP contribution in [0.4, 0.5) is 0 Å². The first kappa shape index (κ1) is 17.8. The van der Waals surface area contributed by atoms with Gasteiger partial charge in [-0.05, 0) is 18.2 Å². The van der Waals surface area contributed by atoms with Gasteiger partial charge < -0.3 is 0 Å². The van der Waals surface area contributed by atoms with E-state index in [1.807, 2.05) is 42.5 Å². The van der Waals surface area contributed by atoms with Crippen molar-refractivity contribution in [2.24, 2.45) is 5.10 Å². The minimum atomic E-state index is -0.341. The highest BCUT2D eigenvalue weighted by Crippen LogP contribution is 2.29. The third kappa shape index (κ3) is 3.75. The summed E-state index contributed by atoms with van der Waals surface area (Å²) in [7, 11) is 0. The summed E-state index contributed by atoms with van der Waals surface area (Å²) in [5, 5.41) is 5.19. The topological polar surface area (TPSA) is 67.2 Å². The number of halogens is 1. The van der Waals surface area contributed by atoms with Crippen LogP contribution in [-0.2, 0) is 0 Å². The van der Waals surface area contributed by atoms with E-state index in [1.165, 1.54) is 0 Å². The van der Waals surface area contributed by atoms with Crippen molar-refractivity contribution in [1.82, 2.24) is 15.4 Å². The lowest BCUT2D eigenvalue weighted by Crippen LogP contribution is -2.18. The molecule has 0 fully saturated rings. The molecule has 2 heterocycles. The van der Waals surface area contributed by atoms with Crippen molar-refractivity contribution in [3.63, 3.8) is 0 Å². The molecule has 4 aromatic rings. The SMILES string of the molecule is O=C(N/N=C\c1cccnc1)c1cc(-c2ccccc2)nc2c(Cl)cccc12. The summed E-state index contributed by atoms with van der Waals surface area (Å²) >= 11 is 6.35. The van der Waals surface area contributed by atoms with Crippen LogP contribution in [0.3, 0.4) is 0 Å². The molecule has 0 spiro atoms. The van der Waals surface area contributed by atoms with Crippen molar-refractivity contribution in [2.45, 2.75) is 0 Å². The number of hydrazone groups is 1. The summed E-state index contributed by atoms with van der Waals surface area (Å²) in [6.07, 6.45) is 4.87. The van der Waals surface area contributed by atoms with Crippen molar-refractivity contribution in [1.29, 1.82) is 0 Å². The van der Waals surface area contributed by atoms with Crippen LogP contribution in [0.5, 0.6) is 0 Å². The summed E-state index contributed by atoms with van der Waals surface area (Å²) in [5.41, 5.74) is 5.96. The Bertz CT molecular complexity index is 1160. The highest BCUT2D eigenvalue weighted by atomic mass is 35.5. The van der Waals surface area contributed by atoms with E-state index in [1.54, 1.807) is 42.9 Å². The molecule has 136 valence electrons. The molecule has 0 atom stereocenters. The Morgan fingerprint density at radius 1 is 1.04 bits per heavy atom. The number of para-hydroxylation sites is 1. The molecule has 5 nitrogen and oxygen atoms in total. The van der Waals surface area contributed by atoms with E-state index in [9.17, 15) is 4.79 Å². The maximum absolute atomic E-state index is 12.8. The van der Waals surface area contributed by atoms with Gasteiger partial charge in [-0.2, -0.15) is 5.10 Å². The van der Waals surface area contributed by atoms with E-state index < -0.39 is 0 Å². The van der Waals surface area contributed by atoms with E-state index in [0.29, 0.717) is 27.2 Å². The molecular weight excluding hydrogens is 372 g/mol. The van der Waals surface area contributed by atoms with Gasteiger partial charge >= 0.3 is 0 Å². The van der Waals surface area contributed by atoms with Gasteiger partial charge in [-0.1, -0.05) is 60.1 Å². The molecule has 0 aliphatic rings. The number of carbonyl (C=O) groups is 1. The molecule has 6 heteroatoms. The van der Waals surface area contributed by atoms with E-state index in [2.05, 4.69) is 20.5 Å². The minimum absolute atomic E-state index is 0.341. The van der Waals surface area contributed by atoms with E-state index in [4.69, 9.17) is 11.6 Å². The van der Waals surface area contributed by atoms with Gasteiger partial charge in [0, 0.05) is 28.9 Å². The molecule has 1 amide bonds. The van der Waals surface area contributed by atoms with Crippen LogP contribution in [0.15, 0.2) is 84.2 Å². The van der Waals surface area contributed by atoms with Crippen molar-refractivity contribution in [2.75, 3.05) is 0 Å². The van der Waals surface area contributed by atoms with E-state index in [-0.39, 0.29) is 5.91 Å². The zero-order valence-electron chi connectivity index (χ0n) is 14.7. The molecule has 0 saturated carbocycles. The van der Waals surface area contributed by atoms with Crippen LogP contribution in [-0.4, -0.2) is 22.1 Å². The summed E-state index contributed by atoms with van der Waals surface area (Å²) in [6, 6.07) is 20.4. The fourth-order valence-corrected chi connectivity index (χ4v) is 3.05. The number of hydrogen-bond acceptors (Lipinski definition) is 4. The van der Waals surface area contributed by atoms with Crippen LogP contribution >= 0.6 is 11.6 Å². The molecule has 2 aromatic carbocycles. The first-order valence-electron chi connectivity index (χ1n) is 8.60. The normalized spacial score (nSPS) is 11.0. The Labute approximate surface area is 166 Å². The number of carbonyl (C=O) groups excluding carboxylic acids is 1. The van der Waals surface area contributed by atoms with Gasteiger partial charge in [0.05, 0.1) is 28.0 Å². The number of pyridine rings is 2. The Morgan fingerprint density at radius 3 is 2.68 bits per heavy atom. The fraction of sp³-hybridized carbons (Fsp3) is 0. The first-order chi connectivity index (χ1) is 13.7. The lowest BCUT2D eigenvalue weighted by Gasteiger charge is -2.10. The van der Waals surface area contributed by atoms with Crippen LogP contribution in [0.25, 0.3) is 22.2 Å². The molecule has 2 aromatic heterocycles. The fourth-order valence-electron chi connectivity index (χ4n) is 2.84. The van der Waals surface area contributed by atoms with Gasteiger partial charge in [0.2, 0.25) is 0 Å². The quantitative estimate of drug-likeness (QED) is 0.408. The predicted molar refractivity (Wildman–Crippen MR) is 111 cm³/mol. The van der Waals surface area contributed by atoms with Crippen molar-refractivity contribution >= 4 is 34.6 Å². The van der Waals surface area contributed by atoms with Crippen LogP contribution in [0.2, 0.25) is 5.02 Å². The number of benzene rings is 2. The molecule has 0 unspecified atom stereocenters. The van der Waals surface area contributed by atoms with Gasteiger partial charge in [-0.25, -0.2) is 10.4 Å². The van der Waals surface area contributed by atoms with Gasteiger partial charge in [0.1, 0.15) is 0 Å². The molecule has 0 saturated heterocycles. The number of aromatic nitrogens is 2. The Balaban J connectivity index is 1.73. The molecule has 0 aliphatic heterocycles. The number of hydrogen-bond donors (Lipinski definition) is 1. The maximum atomic E-state index is 12.8. The largest absolute Gasteiger partial charge is 0.272 e. The number of rotatable bonds is 4. The van der Waals surface area contributed by atoms with E-state index >= 15 is 0 Å². The third-order valence-corrected chi connectivity index (χ3v) is 4.47. The lowest BCUT2D eigenvalue weighted by atomic mass is 10.0. The number of nitrogens with one attached hydrogen (secondary N) is 1. The number of fused-ring (bicyclic) bond motifs is 1. The second-order valence-electron chi connectivity index (χ2n) is 6.04. The molecule has 0 aliphatic carbocycles. The maximum Gasteiger partial charge on any atom is 0.272 e. The summed E-state index contributed by atoms with van der Waals surface area (Å²) < 4.78 is 0. The van der Waals surface area contributed by atoms with Gasteiger partial charge in [-0.15, -0.1) is 0 Å². The second kappa shape index (κ2) is 7.98. The van der Waals surface area contributed by atoms with Crippen molar-refractivity contribution in [3.8, 4) is 11.3 Å². The van der Waals surface area contributed by atoms with Crippen molar-refractivity contribution < 1.29 is 4.79 Å². The molecule has 1 N–H and O–H groups in total. The average molecular weight is 387 g/mol. The highest BCUT2D eigenvalue weighted by Gasteiger charge is 2.15. The van der Waals surface area contributed by atoms with Gasteiger partial charge in [-0.3, -0.25) is 9.78 Å². The molecule has 0 radical (unpaired) electrons. The number of nitrogens with zero attached hydrogens (tertiary/aromatic N) is 3. The standard InChI is InChI=1S/C22H15ClN4O/c23-19-10-4-9-17-18(22(28)27-25-14-15-6-5-11-24-13-15)12-20(26-21(17)19)16-7-2-1-3-8-16/h1-14H,(H,27,28)/b25-14-. The average Bonchev–Trinajstić information content (AvgIpc) is 2.75. The summed E-state index contributed by atoms with van der Waals surface area (Å²) in [5.74, 6) is -0.341. The summed E-state index contributed by atoms with van der Waals surface area (Å²) in [4.78, 5) is 21.5.